The van der Waals surface area contributed by atoms with Crippen LogP contribution >= 0.6 is 0 Å². The summed E-state index contributed by atoms with van der Waals surface area (Å²) in [6, 6.07) is 0. The lowest BCUT2D eigenvalue weighted by Gasteiger charge is -1.96. The zero-order valence-electron chi connectivity index (χ0n) is 7.20. The van der Waals surface area contributed by atoms with E-state index in [4.69, 9.17) is 10.9 Å². The third-order valence-electron chi connectivity index (χ3n) is 1.52. The second-order valence-electron chi connectivity index (χ2n) is 2.52. The Labute approximate surface area is 75.9 Å². The number of rotatable bonds is 4. The molecule has 1 aromatic rings. The Kier molecular flexibility index (Phi) is 3.77. The molecule has 6 heteroatoms. The third kappa shape index (κ3) is 3.57. The standard InChI is InChI=1S/C7H13N5O/c8-7(12-13)11-3-1-2-6-9-4-5-10-6/h4-5,13H,1-3H2,(H,9,10)(H3,8,11,12). The summed E-state index contributed by atoms with van der Waals surface area (Å²) in [6.07, 6.45) is 5.16. The summed E-state index contributed by atoms with van der Waals surface area (Å²) in [5.74, 6) is 0.977. The van der Waals surface area contributed by atoms with Gasteiger partial charge >= 0.3 is 0 Å². The molecule has 5 N–H and O–H groups in total. The van der Waals surface area contributed by atoms with Crippen LogP contribution in [-0.2, 0) is 6.42 Å². The minimum atomic E-state index is 0.0412. The maximum Gasteiger partial charge on any atom is 0.212 e. The minimum Gasteiger partial charge on any atom is -0.368 e. The van der Waals surface area contributed by atoms with E-state index in [0.717, 1.165) is 18.7 Å². The summed E-state index contributed by atoms with van der Waals surface area (Å²) in [5.41, 5.74) is 6.96. The van der Waals surface area contributed by atoms with Crippen LogP contribution in [0.5, 0.6) is 0 Å². The van der Waals surface area contributed by atoms with Crippen molar-refractivity contribution in [2.75, 3.05) is 6.54 Å². The fourth-order valence-corrected chi connectivity index (χ4v) is 0.916. The number of guanidine groups is 1. The van der Waals surface area contributed by atoms with Gasteiger partial charge in [0, 0.05) is 25.4 Å². The highest BCUT2D eigenvalue weighted by Crippen LogP contribution is 1.94. The van der Waals surface area contributed by atoms with Gasteiger partial charge in [0.2, 0.25) is 5.96 Å². The van der Waals surface area contributed by atoms with E-state index in [1.165, 1.54) is 0 Å². The Hall–Kier alpha value is -1.56. The second-order valence-corrected chi connectivity index (χ2v) is 2.52. The molecule has 0 aliphatic heterocycles. The molecule has 0 amide bonds. The quantitative estimate of drug-likeness (QED) is 0.221. The highest BCUT2D eigenvalue weighted by Gasteiger charge is 1.93. The van der Waals surface area contributed by atoms with Crippen molar-refractivity contribution in [3.05, 3.63) is 18.2 Å². The van der Waals surface area contributed by atoms with Crippen molar-refractivity contribution < 1.29 is 5.21 Å². The van der Waals surface area contributed by atoms with E-state index in [9.17, 15) is 0 Å². The SMILES string of the molecule is NC(=NCCCc1ncc[nH]1)NO. The van der Waals surface area contributed by atoms with Gasteiger partial charge in [-0.25, -0.2) is 10.5 Å². The lowest BCUT2D eigenvalue weighted by molar-refractivity contribution is 0.232. The molecule has 1 aromatic heterocycles. The van der Waals surface area contributed by atoms with E-state index in [1.54, 1.807) is 17.9 Å². The van der Waals surface area contributed by atoms with Crippen molar-refractivity contribution in [1.82, 2.24) is 15.4 Å². The van der Waals surface area contributed by atoms with E-state index in [1.807, 2.05) is 0 Å². The number of aryl methyl sites for hydroxylation is 1. The van der Waals surface area contributed by atoms with Crippen LogP contribution in [-0.4, -0.2) is 27.7 Å². The van der Waals surface area contributed by atoms with Crippen LogP contribution in [0.3, 0.4) is 0 Å². The largest absolute Gasteiger partial charge is 0.368 e. The second kappa shape index (κ2) is 5.15. The molecule has 0 fully saturated rings. The molecule has 6 nitrogen and oxygen atoms in total. The van der Waals surface area contributed by atoms with E-state index < -0.39 is 0 Å². The zero-order chi connectivity index (χ0) is 9.52. The van der Waals surface area contributed by atoms with Crippen molar-refractivity contribution in [3.63, 3.8) is 0 Å². The number of nitrogens with zero attached hydrogens (tertiary/aromatic N) is 2. The summed E-state index contributed by atoms with van der Waals surface area (Å²) in [4.78, 5) is 10.9. The lowest BCUT2D eigenvalue weighted by Crippen LogP contribution is -2.28. The number of hydrogen-bond acceptors (Lipinski definition) is 3. The molecule has 13 heavy (non-hydrogen) atoms. The summed E-state index contributed by atoms with van der Waals surface area (Å²) >= 11 is 0. The maximum atomic E-state index is 8.29. The van der Waals surface area contributed by atoms with Gasteiger partial charge in [0.25, 0.3) is 0 Å². The molecule has 0 bridgehead atoms. The fourth-order valence-electron chi connectivity index (χ4n) is 0.916. The third-order valence-corrected chi connectivity index (χ3v) is 1.52. The van der Waals surface area contributed by atoms with Gasteiger partial charge in [0.05, 0.1) is 0 Å². The number of nitrogens with two attached hydrogens (primary N) is 1. The molecule has 1 heterocycles. The van der Waals surface area contributed by atoms with E-state index >= 15 is 0 Å². The summed E-state index contributed by atoms with van der Waals surface area (Å²) in [7, 11) is 0. The number of aromatic amines is 1. The molecular weight excluding hydrogens is 170 g/mol. The number of imidazole rings is 1. The summed E-state index contributed by atoms with van der Waals surface area (Å²) < 4.78 is 0. The van der Waals surface area contributed by atoms with E-state index in [2.05, 4.69) is 15.0 Å². The van der Waals surface area contributed by atoms with E-state index in [0.29, 0.717) is 6.54 Å². The van der Waals surface area contributed by atoms with Gasteiger partial charge < -0.3 is 10.7 Å². The van der Waals surface area contributed by atoms with Crippen LogP contribution in [0, 0.1) is 0 Å². The van der Waals surface area contributed by atoms with Gasteiger partial charge in [0.15, 0.2) is 0 Å². The first kappa shape index (κ1) is 9.53. The molecule has 0 spiro atoms. The molecular formula is C7H13N5O. The van der Waals surface area contributed by atoms with Crippen molar-refractivity contribution in [2.24, 2.45) is 10.7 Å². The molecule has 0 unspecified atom stereocenters. The lowest BCUT2D eigenvalue weighted by atomic mass is 10.3. The topological polar surface area (TPSA) is 99.3 Å². The predicted octanol–water partition coefficient (Wildman–Crippen LogP) is -0.364. The van der Waals surface area contributed by atoms with Gasteiger partial charge in [-0.2, -0.15) is 0 Å². The number of aliphatic imine (C=N–C) groups is 1. The smallest absolute Gasteiger partial charge is 0.212 e. The van der Waals surface area contributed by atoms with Crippen LogP contribution in [0.25, 0.3) is 0 Å². The van der Waals surface area contributed by atoms with Gasteiger partial charge in [-0.1, -0.05) is 0 Å². The van der Waals surface area contributed by atoms with Gasteiger partial charge in [0.1, 0.15) is 5.82 Å². The Morgan fingerprint density at radius 1 is 1.77 bits per heavy atom. The maximum absolute atomic E-state index is 8.29. The van der Waals surface area contributed by atoms with E-state index in [-0.39, 0.29) is 5.96 Å². The Morgan fingerprint density at radius 3 is 3.23 bits per heavy atom. The monoisotopic (exact) mass is 183 g/mol. The molecule has 1 rings (SSSR count). The predicted molar refractivity (Wildman–Crippen MR) is 48.3 cm³/mol. The molecule has 0 saturated heterocycles. The molecule has 72 valence electrons. The highest BCUT2D eigenvalue weighted by molar-refractivity contribution is 5.76. The highest BCUT2D eigenvalue weighted by atomic mass is 16.5. The zero-order valence-corrected chi connectivity index (χ0v) is 7.20. The summed E-state index contributed by atoms with van der Waals surface area (Å²) in [6.45, 7) is 0.570. The molecule has 0 aliphatic carbocycles. The van der Waals surface area contributed by atoms with Gasteiger partial charge in [-0.15, -0.1) is 0 Å². The first-order valence-electron chi connectivity index (χ1n) is 4.01. The fraction of sp³-hybridized carbons (Fsp3) is 0.429. The Bertz CT molecular complexity index is 256. The number of hydroxylamine groups is 1. The molecule has 0 atom stereocenters. The molecule has 0 aliphatic rings. The number of aromatic nitrogens is 2. The van der Waals surface area contributed by atoms with Crippen molar-refractivity contribution in [3.8, 4) is 0 Å². The molecule has 0 radical (unpaired) electrons. The Balaban J connectivity index is 2.15. The number of nitrogens with one attached hydrogen (secondary N) is 2. The Morgan fingerprint density at radius 2 is 2.62 bits per heavy atom. The summed E-state index contributed by atoms with van der Waals surface area (Å²) in [5, 5.41) is 8.29. The van der Waals surface area contributed by atoms with Crippen LogP contribution in [0.2, 0.25) is 0 Å². The normalized spacial score (nSPS) is 11.6. The van der Waals surface area contributed by atoms with Crippen molar-refractivity contribution in [2.45, 2.75) is 12.8 Å². The van der Waals surface area contributed by atoms with Crippen LogP contribution < -0.4 is 11.2 Å². The molecule has 0 saturated carbocycles. The van der Waals surface area contributed by atoms with Crippen LogP contribution in [0.15, 0.2) is 17.4 Å². The first-order valence-corrected chi connectivity index (χ1v) is 4.01. The van der Waals surface area contributed by atoms with Gasteiger partial charge in [-0.05, 0) is 6.42 Å². The average Bonchev–Trinajstić information content (AvgIpc) is 2.64. The van der Waals surface area contributed by atoms with Crippen molar-refractivity contribution in [1.29, 1.82) is 0 Å². The van der Waals surface area contributed by atoms with Crippen LogP contribution in [0.4, 0.5) is 0 Å². The minimum absolute atomic E-state index is 0.0412. The molecule has 0 aromatic carbocycles. The average molecular weight is 183 g/mol. The van der Waals surface area contributed by atoms with Crippen molar-refractivity contribution >= 4 is 5.96 Å². The number of hydrogen-bond donors (Lipinski definition) is 4. The van der Waals surface area contributed by atoms with Crippen LogP contribution in [0.1, 0.15) is 12.2 Å². The first-order chi connectivity index (χ1) is 6.33. The van der Waals surface area contributed by atoms with Gasteiger partial charge in [-0.3, -0.25) is 10.2 Å². The number of H-pyrrole nitrogens is 1.